The second-order valence-electron chi connectivity index (χ2n) is 10.3. The van der Waals surface area contributed by atoms with E-state index in [2.05, 4.69) is 61.2 Å². The van der Waals surface area contributed by atoms with Crippen molar-refractivity contribution in [2.45, 2.75) is 32.2 Å². The number of carbonyl (C=O) groups is 1. The van der Waals surface area contributed by atoms with Crippen LogP contribution in [0.15, 0.2) is 55.0 Å². The number of anilines is 1. The Kier molecular flexibility index (Phi) is 6.62. The Balaban J connectivity index is 1.19. The monoisotopic (exact) mass is 505 g/mol. The molecule has 0 bridgehead atoms. The molecule has 1 saturated heterocycles. The summed E-state index contributed by atoms with van der Waals surface area (Å²) >= 11 is 0. The van der Waals surface area contributed by atoms with E-state index in [0.29, 0.717) is 22.7 Å². The van der Waals surface area contributed by atoms with Crippen molar-refractivity contribution in [3.05, 3.63) is 88.6 Å². The van der Waals surface area contributed by atoms with Gasteiger partial charge in [0.1, 0.15) is 5.69 Å². The molecule has 1 N–H and O–H groups in total. The van der Waals surface area contributed by atoms with Crippen LogP contribution in [0.3, 0.4) is 0 Å². The van der Waals surface area contributed by atoms with Gasteiger partial charge in [-0.2, -0.15) is 5.10 Å². The van der Waals surface area contributed by atoms with Crippen LogP contribution in [0.5, 0.6) is 0 Å². The lowest BCUT2D eigenvalue weighted by molar-refractivity contribution is 0.102. The normalized spacial score (nSPS) is 16.3. The third-order valence-corrected chi connectivity index (χ3v) is 7.36. The zero-order chi connectivity index (χ0) is 26.1. The zero-order valence-corrected chi connectivity index (χ0v) is 21.8. The topological polar surface area (TPSA) is 78.7 Å². The molecule has 8 nitrogen and oxygen atoms in total. The third-order valence-electron chi connectivity index (χ3n) is 7.36. The van der Waals surface area contributed by atoms with Crippen LogP contribution in [-0.4, -0.2) is 68.5 Å². The Hall–Kier alpha value is -4.06. The number of carbonyl (C=O) groups excluding carboxylic acids is 1. The first-order valence-electron chi connectivity index (χ1n) is 13.2. The number of imidazole rings is 1. The molecule has 4 heterocycles. The number of benzene rings is 1. The number of pyridine rings is 1. The van der Waals surface area contributed by atoms with Crippen LogP contribution < -0.4 is 5.32 Å². The van der Waals surface area contributed by atoms with Gasteiger partial charge in [0.15, 0.2) is 5.65 Å². The molecule has 0 unspecified atom stereocenters. The molecular weight excluding hydrogens is 474 g/mol. The third kappa shape index (κ3) is 5.30. The maximum absolute atomic E-state index is 13.2. The minimum absolute atomic E-state index is 0.189. The first kappa shape index (κ1) is 24.3. The number of fused-ring (bicyclic) bond motifs is 1. The van der Waals surface area contributed by atoms with E-state index in [1.54, 1.807) is 29.2 Å². The Bertz CT molecular complexity index is 1550. The van der Waals surface area contributed by atoms with E-state index in [1.165, 1.54) is 24.0 Å². The number of amides is 1. The van der Waals surface area contributed by atoms with Crippen LogP contribution in [0.4, 0.5) is 5.69 Å². The molecule has 0 atom stereocenters. The molecule has 2 aliphatic rings. The van der Waals surface area contributed by atoms with Gasteiger partial charge in [0.05, 0.1) is 17.5 Å². The van der Waals surface area contributed by atoms with Crippen LogP contribution in [0.2, 0.25) is 0 Å². The zero-order valence-electron chi connectivity index (χ0n) is 21.8. The highest BCUT2D eigenvalue weighted by Gasteiger charge is 2.27. The summed E-state index contributed by atoms with van der Waals surface area (Å²) in [5.41, 5.74) is 6.93. The van der Waals surface area contributed by atoms with Crippen LogP contribution in [0.1, 0.15) is 57.2 Å². The second kappa shape index (κ2) is 10.4. The van der Waals surface area contributed by atoms with Crippen molar-refractivity contribution in [3.8, 4) is 11.8 Å². The van der Waals surface area contributed by atoms with Gasteiger partial charge in [0.25, 0.3) is 5.91 Å². The van der Waals surface area contributed by atoms with Crippen molar-refractivity contribution in [2.24, 2.45) is 0 Å². The molecule has 3 aromatic heterocycles. The SMILES string of the molecule is Cc1ncc(C(=O)Nc2ccc(CN3CCN(C)CC3)c(C3CC3)c2)cc1C#Cc1cnc2cccnn12. The maximum atomic E-state index is 13.2. The predicted molar refractivity (Wildman–Crippen MR) is 147 cm³/mol. The number of hydrogen-bond donors (Lipinski definition) is 1. The van der Waals surface area contributed by atoms with E-state index in [1.807, 2.05) is 25.1 Å². The Labute approximate surface area is 222 Å². The molecule has 1 saturated carbocycles. The largest absolute Gasteiger partial charge is 0.322 e. The lowest BCUT2D eigenvalue weighted by atomic mass is 10.0. The summed E-state index contributed by atoms with van der Waals surface area (Å²) in [5.74, 6) is 6.68. The van der Waals surface area contributed by atoms with E-state index in [0.717, 1.165) is 49.8 Å². The highest BCUT2D eigenvalue weighted by molar-refractivity contribution is 6.04. The van der Waals surface area contributed by atoms with Gasteiger partial charge in [-0.3, -0.25) is 14.7 Å². The fraction of sp³-hybridized carbons (Fsp3) is 0.333. The van der Waals surface area contributed by atoms with E-state index in [9.17, 15) is 4.79 Å². The van der Waals surface area contributed by atoms with Crippen molar-refractivity contribution in [3.63, 3.8) is 0 Å². The molecule has 1 aromatic carbocycles. The smallest absolute Gasteiger partial charge is 0.257 e. The van der Waals surface area contributed by atoms with Crippen LogP contribution in [0, 0.1) is 18.8 Å². The highest BCUT2D eigenvalue weighted by Crippen LogP contribution is 2.43. The summed E-state index contributed by atoms with van der Waals surface area (Å²) in [5, 5.41) is 7.39. The van der Waals surface area contributed by atoms with E-state index < -0.39 is 0 Å². The molecule has 6 rings (SSSR count). The fourth-order valence-corrected chi connectivity index (χ4v) is 4.87. The summed E-state index contributed by atoms with van der Waals surface area (Å²) in [6, 6.07) is 11.9. The van der Waals surface area contributed by atoms with Gasteiger partial charge in [0.2, 0.25) is 0 Å². The van der Waals surface area contributed by atoms with Crippen molar-refractivity contribution in [1.82, 2.24) is 29.4 Å². The first-order valence-corrected chi connectivity index (χ1v) is 13.2. The minimum Gasteiger partial charge on any atom is -0.322 e. The number of aryl methyl sites for hydroxylation is 1. The molecule has 192 valence electrons. The first-order chi connectivity index (χ1) is 18.5. The number of nitrogens with one attached hydrogen (secondary N) is 1. The maximum Gasteiger partial charge on any atom is 0.257 e. The summed E-state index contributed by atoms with van der Waals surface area (Å²) in [7, 11) is 2.18. The van der Waals surface area contributed by atoms with Crippen molar-refractivity contribution in [1.29, 1.82) is 0 Å². The van der Waals surface area contributed by atoms with E-state index in [4.69, 9.17) is 0 Å². The average molecular weight is 506 g/mol. The lowest BCUT2D eigenvalue weighted by Crippen LogP contribution is -2.44. The predicted octanol–water partition coefficient (Wildman–Crippen LogP) is 3.71. The van der Waals surface area contributed by atoms with Gasteiger partial charge in [-0.05, 0) is 80.1 Å². The van der Waals surface area contributed by atoms with Gasteiger partial charge < -0.3 is 10.2 Å². The Morgan fingerprint density at radius 1 is 1.05 bits per heavy atom. The van der Waals surface area contributed by atoms with Gasteiger partial charge in [-0.1, -0.05) is 12.0 Å². The summed E-state index contributed by atoms with van der Waals surface area (Å²) < 4.78 is 1.69. The average Bonchev–Trinajstić information content (AvgIpc) is 3.70. The second-order valence-corrected chi connectivity index (χ2v) is 10.3. The molecule has 38 heavy (non-hydrogen) atoms. The van der Waals surface area contributed by atoms with Crippen LogP contribution in [0.25, 0.3) is 5.65 Å². The summed E-state index contributed by atoms with van der Waals surface area (Å²) in [6.07, 6.45) is 7.44. The summed E-state index contributed by atoms with van der Waals surface area (Å²) in [4.78, 5) is 26.8. The Morgan fingerprint density at radius 3 is 2.71 bits per heavy atom. The highest BCUT2D eigenvalue weighted by atomic mass is 16.1. The number of likely N-dealkylation sites (N-methyl/N-ethyl adjacent to an activating group) is 1. The van der Waals surface area contributed by atoms with Gasteiger partial charge in [0, 0.05) is 56.4 Å². The quantitative estimate of drug-likeness (QED) is 0.417. The van der Waals surface area contributed by atoms with Crippen molar-refractivity contribution < 1.29 is 4.79 Å². The molecule has 1 aliphatic heterocycles. The molecule has 1 amide bonds. The summed E-state index contributed by atoms with van der Waals surface area (Å²) in [6.45, 7) is 7.27. The molecular formula is C30H31N7O. The van der Waals surface area contributed by atoms with Crippen molar-refractivity contribution in [2.75, 3.05) is 38.5 Å². The van der Waals surface area contributed by atoms with Gasteiger partial charge in [-0.25, -0.2) is 9.50 Å². The molecule has 1 aliphatic carbocycles. The van der Waals surface area contributed by atoms with E-state index >= 15 is 0 Å². The van der Waals surface area contributed by atoms with Gasteiger partial charge >= 0.3 is 0 Å². The minimum atomic E-state index is -0.189. The Morgan fingerprint density at radius 2 is 1.89 bits per heavy atom. The fourth-order valence-electron chi connectivity index (χ4n) is 4.87. The molecule has 4 aromatic rings. The molecule has 0 radical (unpaired) electrons. The molecule has 8 heteroatoms. The van der Waals surface area contributed by atoms with Crippen LogP contribution in [-0.2, 0) is 6.54 Å². The molecule has 0 spiro atoms. The van der Waals surface area contributed by atoms with Gasteiger partial charge in [-0.15, -0.1) is 0 Å². The number of aromatic nitrogens is 4. The lowest BCUT2D eigenvalue weighted by Gasteiger charge is -2.32. The number of nitrogens with zero attached hydrogens (tertiary/aromatic N) is 6. The van der Waals surface area contributed by atoms with Crippen molar-refractivity contribution >= 4 is 17.2 Å². The number of hydrogen-bond acceptors (Lipinski definition) is 6. The molecule has 2 fully saturated rings. The number of rotatable bonds is 5. The van der Waals surface area contributed by atoms with E-state index in [-0.39, 0.29) is 5.91 Å². The standard InChI is InChI=1S/C30H31N7O/c1-21-23(8-10-27-19-32-29-4-3-11-33-37(27)29)16-25(18-31-21)30(38)34-26-9-7-24(28(17-26)22-5-6-22)20-36-14-12-35(2)13-15-36/h3-4,7,9,11,16-19,22H,5-6,12-15,20H2,1-2H3,(H,34,38). The van der Waals surface area contributed by atoms with Crippen LogP contribution >= 0.6 is 0 Å². The number of piperazine rings is 1.